The van der Waals surface area contributed by atoms with E-state index in [1.54, 1.807) is 0 Å². The first kappa shape index (κ1) is 20.6. The second-order valence-corrected chi connectivity index (χ2v) is 8.62. The predicted molar refractivity (Wildman–Crippen MR) is 113 cm³/mol. The van der Waals surface area contributed by atoms with Crippen molar-refractivity contribution in [1.82, 2.24) is 9.80 Å². The van der Waals surface area contributed by atoms with E-state index in [4.69, 9.17) is 4.74 Å². The zero-order valence-corrected chi connectivity index (χ0v) is 17.5. The van der Waals surface area contributed by atoms with Crippen LogP contribution in [0.15, 0.2) is 60.7 Å². The van der Waals surface area contributed by atoms with Crippen molar-refractivity contribution < 1.29 is 9.53 Å². The highest BCUT2D eigenvalue weighted by Gasteiger charge is 2.31. The molecule has 0 bridgehead atoms. The summed E-state index contributed by atoms with van der Waals surface area (Å²) in [5.41, 5.74) is 2.18. The van der Waals surface area contributed by atoms with Gasteiger partial charge in [0.25, 0.3) is 0 Å². The van der Waals surface area contributed by atoms with Crippen LogP contribution < -0.4 is 0 Å². The molecule has 3 rings (SSSR count). The summed E-state index contributed by atoms with van der Waals surface area (Å²) in [5.74, 6) is -0.143. The van der Waals surface area contributed by atoms with Crippen LogP contribution in [0.2, 0.25) is 0 Å². The Balaban J connectivity index is 1.72. The van der Waals surface area contributed by atoms with Gasteiger partial charge in [-0.3, -0.25) is 14.6 Å². The number of hydrogen-bond donors (Lipinski definition) is 0. The van der Waals surface area contributed by atoms with Crippen LogP contribution in [0.5, 0.6) is 0 Å². The van der Waals surface area contributed by atoms with Gasteiger partial charge in [-0.25, -0.2) is 0 Å². The fourth-order valence-corrected chi connectivity index (χ4v) is 3.92. The Hall–Kier alpha value is -2.17. The molecule has 4 nitrogen and oxygen atoms in total. The van der Waals surface area contributed by atoms with E-state index in [1.165, 1.54) is 11.1 Å². The highest BCUT2D eigenvalue weighted by molar-refractivity contribution is 5.72. The van der Waals surface area contributed by atoms with Gasteiger partial charge in [0.15, 0.2) is 0 Å². The summed E-state index contributed by atoms with van der Waals surface area (Å²) in [7, 11) is 0. The summed E-state index contributed by atoms with van der Waals surface area (Å²) < 4.78 is 5.51. The number of rotatable bonds is 5. The highest BCUT2D eigenvalue weighted by atomic mass is 16.6. The Morgan fingerprint density at radius 2 is 1.54 bits per heavy atom. The summed E-state index contributed by atoms with van der Waals surface area (Å²) in [5, 5.41) is 0. The third kappa shape index (κ3) is 5.43. The molecule has 0 saturated carbocycles. The molecule has 0 amide bonds. The van der Waals surface area contributed by atoms with Gasteiger partial charge in [-0.1, -0.05) is 60.7 Å². The lowest BCUT2D eigenvalue weighted by atomic mass is 9.95. The molecule has 150 valence electrons. The second-order valence-electron chi connectivity index (χ2n) is 8.62. The molecule has 28 heavy (non-hydrogen) atoms. The maximum atomic E-state index is 12.3. The van der Waals surface area contributed by atoms with Crippen LogP contribution in [0.1, 0.15) is 44.9 Å². The van der Waals surface area contributed by atoms with Crippen molar-refractivity contribution in [2.45, 2.75) is 45.4 Å². The minimum atomic E-state index is -0.437. The van der Waals surface area contributed by atoms with Gasteiger partial charge >= 0.3 is 5.97 Å². The van der Waals surface area contributed by atoms with Crippen LogP contribution in [0.4, 0.5) is 0 Å². The lowest BCUT2D eigenvalue weighted by Gasteiger charge is -2.43. The topological polar surface area (TPSA) is 32.8 Å². The molecule has 1 aliphatic heterocycles. The molecule has 1 fully saturated rings. The van der Waals surface area contributed by atoms with E-state index < -0.39 is 5.60 Å². The third-order valence-electron chi connectivity index (χ3n) is 5.14. The van der Waals surface area contributed by atoms with Crippen molar-refractivity contribution in [2.24, 2.45) is 0 Å². The maximum absolute atomic E-state index is 12.3. The maximum Gasteiger partial charge on any atom is 0.320 e. The normalized spacial score (nSPS) is 19.0. The van der Waals surface area contributed by atoms with Crippen LogP contribution >= 0.6 is 0 Å². The summed E-state index contributed by atoms with van der Waals surface area (Å²) in [6.07, 6.45) is 0. The smallest absolute Gasteiger partial charge is 0.320 e. The number of carbonyl (C=O) groups excluding carboxylic acids is 1. The molecule has 2 aromatic rings. The van der Waals surface area contributed by atoms with Gasteiger partial charge in [-0.2, -0.15) is 0 Å². The fourth-order valence-electron chi connectivity index (χ4n) is 3.92. The van der Waals surface area contributed by atoms with Gasteiger partial charge in [-0.15, -0.1) is 0 Å². The van der Waals surface area contributed by atoms with Gasteiger partial charge in [-0.05, 0) is 38.8 Å². The number of nitrogens with zero attached hydrogens (tertiary/aromatic N) is 2. The second kappa shape index (κ2) is 8.89. The minimum Gasteiger partial charge on any atom is -0.459 e. The molecule has 1 atom stereocenters. The van der Waals surface area contributed by atoms with Gasteiger partial charge in [0, 0.05) is 25.7 Å². The molecule has 0 aromatic heterocycles. The summed E-state index contributed by atoms with van der Waals surface area (Å²) >= 11 is 0. The first-order valence-electron chi connectivity index (χ1n) is 10.1. The monoisotopic (exact) mass is 380 g/mol. The quantitative estimate of drug-likeness (QED) is 0.731. The first-order valence-corrected chi connectivity index (χ1v) is 10.1. The number of ether oxygens (including phenoxy) is 1. The number of benzene rings is 2. The first-order chi connectivity index (χ1) is 13.3. The predicted octanol–water partition coefficient (Wildman–Crippen LogP) is 4.12. The molecular formula is C24H32N2O2. The van der Waals surface area contributed by atoms with Crippen LogP contribution in [0, 0.1) is 0 Å². The molecule has 1 heterocycles. The Morgan fingerprint density at radius 1 is 1.00 bits per heavy atom. The third-order valence-corrected chi connectivity index (χ3v) is 5.14. The standard InChI is InChI=1S/C24H32N2O2/c1-19-17-26(16-15-25(19)18-22(27)28-24(2,3)4)23(20-11-7-5-8-12-20)21-13-9-6-10-14-21/h5-14,19,23H,15-18H2,1-4H3/t19-/m0/s1. The van der Waals surface area contributed by atoms with E-state index >= 15 is 0 Å². The zero-order chi connectivity index (χ0) is 20.1. The largest absolute Gasteiger partial charge is 0.459 e. The van der Waals surface area contributed by atoms with Crippen molar-refractivity contribution in [3.8, 4) is 0 Å². The Morgan fingerprint density at radius 3 is 2.00 bits per heavy atom. The molecule has 1 saturated heterocycles. The molecule has 1 aliphatic rings. The van der Waals surface area contributed by atoms with Crippen molar-refractivity contribution in [1.29, 1.82) is 0 Å². The number of piperazine rings is 1. The van der Waals surface area contributed by atoms with Gasteiger partial charge in [0.2, 0.25) is 0 Å². The summed E-state index contributed by atoms with van der Waals surface area (Å²) in [6.45, 7) is 11.0. The minimum absolute atomic E-state index is 0.143. The molecule has 4 heteroatoms. The van der Waals surface area contributed by atoms with E-state index in [-0.39, 0.29) is 18.1 Å². The van der Waals surface area contributed by atoms with E-state index in [0.717, 1.165) is 19.6 Å². The Labute approximate surface area is 169 Å². The summed E-state index contributed by atoms with van der Waals surface area (Å²) in [6, 6.07) is 21.9. The SMILES string of the molecule is C[C@H]1CN(C(c2ccccc2)c2ccccc2)CCN1CC(=O)OC(C)(C)C. The lowest BCUT2D eigenvalue weighted by molar-refractivity contribution is -0.157. The van der Waals surface area contributed by atoms with E-state index in [9.17, 15) is 4.79 Å². The molecule has 0 spiro atoms. The van der Waals surface area contributed by atoms with Gasteiger partial charge < -0.3 is 4.74 Å². The Bertz CT molecular complexity index is 716. The summed E-state index contributed by atoms with van der Waals surface area (Å²) in [4.78, 5) is 17.0. The van der Waals surface area contributed by atoms with Crippen molar-refractivity contribution in [3.05, 3.63) is 71.8 Å². The van der Waals surface area contributed by atoms with Gasteiger partial charge in [0.05, 0.1) is 12.6 Å². The average Bonchev–Trinajstić information content (AvgIpc) is 2.64. The van der Waals surface area contributed by atoms with Crippen LogP contribution in [-0.4, -0.2) is 53.6 Å². The van der Waals surface area contributed by atoms with Crippen LogP contribution in [0.25, 0.3) is 0 Å². The van der Waals surface area contributed by atoms with Crippen molar-refractivity contribution >= 4 is 5.97 Å². The average molecular weight is 381 g/mol. The Kier molecular flexibility index (Phi) is 6.53. The van der Waals surface area contributed by atoms with Crippen LogP contribution in [-0.2, 0) is 9.53 Å². The number of carbonyl (C=O) groups is 1. The molecule has 0 unspecified atom stereocenters. The molecule has 0 radical (unpaired) electrons. The molecular weight excluding hydrogens is 348 g/mol. The molecule has 0 N–H and O–H groups in total. The van der Waals surface area contributed by atoms with Crippen molar-refractivity contribution in [2.75, 3.05) is 26.2 Å². The lowest BCUT2D eigenvalue weighted by Crippen LogP contribution is -2.54. The van der Waals surface area contributed by atoms with E-state index in [2.05, 4.69) is 77.4 Å². The van der Waals surface area contributed by atoms with Crippen LogP contribution in [0.3, 0.4) is 0 Å². The van der Waals surface area contributed by atoms with E-state index in [1.807, 2.05) is 20.8 Å². The zero-order valence-electron chi connectivity index (χ0n) is 17.5. The number of hydrogen-bond acceptors (Lipinski definition) is 4. The number of esters is 1. The fraction of sp³-hybridized carbons (Fsp3) is 0.458. The van der Waals surface area contributed by atoms with Crippen molar-refractivity contribution in [3.63, 3.8) is 0 Å². The van der Waals surface area contributed by atoms with E-state index in [0.29, 0.717) is 6.54 Å². The molecule has 2 aromatic carbocycles. The highest BCUT2D eigenvalue weighted by Crippen LogP contribution is 2.30. The molecule has 0 aliphatic carbocycles. The van der Waals surface area contributed by atoms with Gasteiger partial charge in [0.1, 0.15) is 5.60 Å².